The van der Waals surface area contributed by atoms with E-state index in [9.17, 15) is 14.4 Å². The number of fused-ring (bicyclic) bond motifs is 14. The molecule has 5 rings (SSSR count). The van der Waals surface area contributed by atoms with Crippen molar-refractivity contribution in [2.24, 2.45) is 17.8 Å². The van der Waals surface area contributed by atoms with E-state index in [1.165, 1.54) is 12.8 Å². The summed E-state index contributed by atoms with van der Waals surface area (Å²) in [6, 6.07) is 17.2. The zero-order valence-corrected chi connectivity index (χ0v) is 24.6. The van der Waals surface area contributed by atoms with Gasteiger partial charge in [-0.1, -0.05) is 56.3 Å². The van der Waals surface area contributed by atoms with Gasteiger partial charge in [0.2, 0.25) is 5.91 Å². The molecule has 7 nitrogen and oxygen atoms in total. The van der Waals surface area contributed by atoms with E-state index in [-0.39, 0.29) is 36.6 Å². The number of esters is 1. The van der Waals surface area contributed by atoms with Gasteiger partial charge < -0.3 is 20.1 Å². The normalized spacial score (nSPS) is 22.6. The van der Waals surface area contributed by atoms with E-state index in [1.807, 2.05) is 54.6 Å². The smallest absolute Gasteiger partial charge is 0.306 e. The number of nitrogens with one attached hydrogen (secondary N) is 2. The Balaban J connectivity index is 1.50. The van der Waals surface area contributed by atoms with Crippen LogP contribution in [0.25, 0.3) is 0 Å². The van der Waals surface area contributed by atoms with Gasteiger partial charge in [-0.25, -0.2) is 0 Å². The molecule has 2 bridgehead atoms. The van der Waals surface area contributed by atoms with Gasteiger partial charge in [-0.3, -0.25) is 14.4 Å². The number of ketones is 1. The highest BCUT2D eigenvalue weighted by atomic mass is 16.5. The first kappa shape index (κ1) is 30.8. The van der Waals surface area contributed by atoms with Gasteiger partial charge in [-0.2, -0.15) is 0 Å². The predicted molar refractivity (Wildman–Crippen MR) is 159 cm³/mol. The zero-order valence-electron chi connectivity index (χ0n) is 24.6. The van der Waals surface area contributed by atoms with Crippen LogP contribution in [0.5, 0.6) is 5.75 Å². The van der Waals surface area contributed by atoms with Gasteiger partial charge in [0.1, 0.15) is 12.4 Å². The summed E-state index contributed by atoms with van der Waals surface area (Å²) in [5, 5.41) is 6.67. The van der Waals surface area contributed by atoms with Crippen LogP contribution < -0.4 is 15.4 Å². The molecular weight excluding hydrogens is 516 g/mol. The molecule has 1 fully saturated rings. The maximum absolute atomic E-state index is 13.7. The van der Waals surface area contributed by atoms with Gasteiger partial charge in [0, 0.05) is 12.5 Å². The van der Waals surface area contributed by atoms with Crippen LogP contribution in [0.4, 0.5) is 0 Å². The van der Waals surface area contributed by atoms with Gasteiger partial charge in [-0.05, 0) is 86.6 Å². The van der Waals surface area contributed by atoms with E-state index in [0.29, 0.717) is 31.9 Å². The highest BCUT2D eigenvalue weighted by Gasteiger charge is 2.30. The number of benzene rings is 2. The Bertz CT molecular complexity index is 1110. The third kappa shape index (κ3) is 11.0. The zero-order chi connectivity index (χ0) is 29.0. The molecule has 7 heteroatoms. The maximum Gasteiger partial charge on any atom is 0.306 e. The van der Waals surface area contributed by atoms with E-state index in [1.54, 1.807) is 0 Å². The topological polar surface area (TPSA) is 93.7 Å². The standard InChI is InChI=1S/C34H46N2O5/c1-24(2)18-31-32(37)20-27(22-35-29-13-14-29)10-6-7-17-40-30-15-11-25(12-16-30)19-28(34(39)36-31)21-33(38)41-23-26-8-4-3-5-9-26/h3-5,8-9,11-12,15-16,24,27-29,31,35H,6-7,10,13-14,17-23H2,1-2H3,(H,36,39)/t27-,28-,31+/m1/s1. The van der Waals surface area contributed by atoms with E-state index >= 15 is 0 Å². The highest BCUT2D eigenvalue weighted by molar-refractivity contribution is 5.91. The number of hydrogen-bond acceptors (Lipinski definition) is 6. The molecular formula is C34H46N2O5. The quantitative estimate of drug-likeness (QED) is 0.398. The number of carbonyl (C=O) groups excluding carboxylic acids is 3. The fourth-order valence-corrected chi connectivity index (χ4v) is 5.34. The number of Topliss-reactive ketones (excluding diaryl/α,β-unsaturated/α-hetero) is 1. The first-order valence-electron chi connectivity index (χ1n) is 15.3. The molecule has 3 aliphatic rings. The molecule has 0 spiro atoms. The predicted octanol–water partition coefficient (Wildman–Crippen LogP) is 5.40. The molecule has 2 heterocycles. The third-order valence-electron chi connectivity index (χ3n) is 7.88. The highest BCUT2D eigenvalue weighted by Crippen LogP contribution is 2.23. The average Bonchev–Trinajstić information content (AvgIpc) is 3.79. The fourth-order valence-electron chi connectivity index (χ4n) is 5.34. The molecule has 2 aliphatic heterocycles. The number of amides is 1. The lowest BCUT2D eigenvalue weighted by Crippen LogP contribution is -2.46. The molecule has 41 heavy (non-hydrogen) atoms. The molecule has 2 aromatic rings. The minimum atomic E-state index is -0.657. The van der Waals surface area contributed by atoms with E-state index in [4.69, 9.17) is 9.47 Å². The molecule has 3 atom stereocenters. The van der Waals surface area contributed by atoms with Crippen LogP contribution in [0.2, 0.25) is 0 Å². The van der Waals surface area contributed by atoms with E-state index in [2.05, 4.69) is 24.5 Å². The molecule has 0 aromatic heterocycles. The third-order valence-corrected chi connectivity index (χ3v) is 7.88. The summed E-state index contributed by atoms with van der Waals surface area (Å²) in [4.78, 5) is 40.2. The van der Waals surface area contributed by atoms with Crippen LogP contribution >= 0.6 is 0 Å². The van der Waals surface area contributed by atoms with Crippen molar-refractivity contribution in [3.63, 3.8) is 0 Å². The Labute approximate surface area is 244 Å². The van der Waals surface area contributed by atoms with Crippen molar-refractivity contribution in [2.75, 3.05) is 13.2 Å². The molecule has 2 aromatic carbocycles. The van der Waals surface area contributed by atoms with Crippen LogP contribution in [0, 0.1) is 17.8 Å². The van der Waals surface area contributed by atoms with Gasteiger partial charge in [0.15, 0.2) is 5.78 Å². The molecule has 2 N–H and O–H groups in total. The summed E-state index contributed by atoms with van der Waals surface area (Å²) < 4.78 is 11.5. The van der Waals surface area contributed by atoms with Crippen molar-refractivity contribution < 1.29 is 23.9 Å². The second-order valence-electron chi connectivity index (χ2n) is 12.1. The summed E-state index contributed by atoms with van der Waals surface area (Å²) in [5.74, 6) is -0.0513. The average molecular weight is 563 g/mol. The molecule has 0 unspecified atom stereocenters. The van der Waals surface area contributed by atoms with Crippen LogP contribution in [0.3, 0.4) is 0 Å². The lowest BCUT2D eigenvalue weighted by atomic mass is 9.89. The first-order chi connectivity index (χ1) is 19.9. The number of rotatable bonds is 9. The first-order valence-corrected chi connectivity index (χ1v) is 15.3. The maximum atomic E-state index is 13.7. The lowest BCUT2D eigenvalue weighted by molar-refractivity contribution is -0.148. The molecule has 1 saturated carbocycles. The summed E-state index contributed by atoms with van der Waals surface area (Å²) in [6.07, 6.45) is 6.55. The Morgan fingerprint density at radius 3 is 2.46 bits per heavy atom. The van der Waals surface area contributed by atoms with Crippen LogP contribution in [0.15, 0.2) is 54.6 Å². The van der Waals surface area contributed by atoms with Crippen LogP contribution in [-0.2, 0) is 32.1 Å². The Morgan fingerprint density at radius 2 is 1.76 bits per heavy atom. The summed E-state index contributed by atoms with van der Waals surface area (Å²) >= 11 is 0. The van der Waals surface area contributed by atoms with Gasteiger partial charge >= 0.3 is 5.97 Å². The van der Waals surface area contributed by atoms with Gasteiger partial charge in [0.25, 0.3) is 0 Å². The Hall–Kier alpha value is -3.19. The molecule has 1 amide bonds. The second-order valence-corrected chi connectivity index (χ2v) is 12.1. The van der Waals surface area contributed by atoms with Gasteiger partial charge in [-0.15, -0.1) is 0 Å². The molecule has 0 saturated heterocycles. The van der Waals surface area contributed by atoms with Crippen molar-refractivity contribution >= 4 is 17.7 Å². The van der Waals surface area contributed by atoms with Crippen molar-refractivity contribution in [3.05, 3.63) is 65.7 Å². The molecule has 0 radical (unpaired) electrons. The largest absolute Gasteiger partial charge is 0.494 e. The fraction of sp³-hybridized carbons (Fsp3) is 0.559. The van der Waals surface area contributed by atoms with Crippen LogP contribution in [0.1, 0.15) is 76.3 Å². The summed E-state index contributed by atoms with van der Waals surface area (Å²) in [5.41, 5.74) is 1.82. The Kier molecular flexibility index (Phi) is 11.8. The molecule has 1 aliphatic carbocycles. The number of carbonyl (C=O) groups is 3. The summed E-state index contributed by atoms with van der Waals surface area (Å²) in [6.45, 7) is 5.73. The minimum Gasteiger partial charge on any atom is -0.494 e. The minimum absolute atomic E-state index is 0.0621. The monoisotopic (exact) mass is 562 g/mol. The molecule has 222 valence electrons. The van der Waals surface area contributed by atoms with Crippen molar-refractivity contribution in [2.45, 2.75) is 90.3 Å². The van der Waals surface area contributed by atoms with Crippen molar-refractivity contribution in [1.29, 1.82) is 0 Å². The Morgan fingerprint density at radius 1 is 1.00 bits per heavy atom. The van der Waals surface area contributed by atoms with Crippen LogP contribution in [-0.4, -0.2) is 42.9 Å². The summed E-state index contributed by atoms with van der Waals surface area (Å²) in [7, 11) is 0. The van der Waals surface area contributed by atoms with Crippen molar-refractivity contribution in [1.82, 2.24) is 10.6 Å². The number of hydrogen-bond donors (Lipinski definition) is 2. The van der Waals surface area contributed by atoms with E-state index in [0.717, 1.165) is 42.7 Å². The van der Waals surface area contributed by atoms with Crippen molar-refractivity contribution in [3.8, 4) is 5.75 Å². The SMILES string of the molecule is CC(C)C[C@@H]1NC(=O)[C@@H](CC(=O)OCc2ccccc2)Cc2ccc(cc2)OCCCC[C@@H](CNC2CC2)CC1=O. The lowest BCUT2D eigenvalue weighted by Gasteiger charge is -2.25. The van der Waals surface area contributed by atoms with Gasteiger partial charge in [0.05, 0.1) is 25.0 Å². The second kappa shape index (κ2) is 15.7. The van der Waals surface area contributed by atoms with E-state index < -0.39 is 17.9 Å². The number of ether oxygens (including phenoxy) is 2.